The lowest BCUT2D eigenvalue weighted by Gasteiger charge is -2.12. The highest BCUT2D eigenvalue weighted by Gasteiger charge is 2.16. The molecule has 0 aliphatic heterocycles. The van der Waals surface area contributed by atoms with E-state index in [1.165, 1.54) is 49.4 Å². The lowest BCUT2D eigenvalue weighted by molar-refractivity contribution is 1.07. The van der Waals surface area contributed by atoms with Crippen LogP contribution < -0.4 is 0 Å². The smallest absolute Gasteiger partial charge is 0.164 e. The van der Waals surface area contributed by atoms with E-state index in [2.05, 4.69) is 187 Å². The molecule has 4 nitrogen and oxygen atoms in total. The number of para-hydroxylation sites is 1. The van der Waals surface area contributed by atoms with Crippen LogP contribution in [0.1, 0.15) is 0 Å². The standard InChI is InChI=1S/C55H36N4/c1-4-13-37(14-5-1)43-27-28-45-34-47(30-29-44(45)33-43)55-57-53(40-17-8-3-9-18-40)56-54(58-55)41-25-23-39(24-26-41)42-19-12-20-48(35-42)59-51-22-11-10-21-49(51)50-32-31-46(36-52(50)59)38-15-6-2-7-16-38/h1-36H. The van der Waals surface area contributed by atoms with Gasteiger partial charge in [-0.05, 0) is 80.6 Å². The highest BCUT2D eigenvalue weighted by atomic mass is 15.0. The zero-order valence-electron chi connectivity index (χ0n) is 32.1. The maximum atomic E-state index is 5.08. The Morgan fingerprint density at radius 3 is 1.36 bits per heavy atom. The van der Waals surface area contributed by atoms with Crippen molar-refractivity contribution >= 4 is 32.6 Å². The zero-order chi connectivity index (χ0) is 39.1. The predicted molar refractivity (Wildman–Crippen MR) is 244 cm³/mol. The van der Waals surface area contributed by atoms with Crippen molar-refractivity contribution in [2.24, 2.45) is 0 Å². The number of aromatic nitrogens is 4. The molecule has 0 unspecified atom stereocenters. The summed E-state index contributed by atoms with van der Waals surface area (Å²) < 4.78 is 2.39. The van der Waals surface area contributed by atoms with Crippen LogP contribution in [0.25, 0.3) is 106 Å². The summed E-state index contributed by atoms with van der Waals surface area (Å²) in [6, 6.07) is 77.1. The number of hydrogen-bond donors (Lipinski definition) is 0. The minimum absolute atomic E-state index is 0.633. The van der Waals surface area contributed by atoms with Crippen molar-refractivity contribution in [3.05, 3.63) is 218 Å². The molecule has 59 heavy (non-hydrogen) atoms. The van der Waals surface area contributed by atoms with E-state index in [0.717, 1.165) is 38.9 Å². The Balaban J connectivity index is 0.962. The van der Waals surface area contributed by atoms with Crippen LogP contribution in [0.5, 0.6) is 0 Å². The second-order valence-corrected chi connectivity index (χ2v) is 14.9. The third-order valence-electron chi connectivity index (χ3n) is 11.2. The van der Waals surface area contributed by atoms with Gasteiger partial charge in [0.2, 0.25) is 0 Å². The van der Waals surface area contributed by atoms with Crippen molar-refractivity contribution in [1.82, 2.24) is 19.5 Å². The fourth-order valence-electron chi connectivity index (χ4n) is 8.24. The van der Waals surface area contributed by atoms with Gasteiger partial charge in [0.05, 0.1) is 11.0 Å². The quantitative estimate of drug-likeness (QED) is 0.163. The van der Waals surface area contributed by atoms with Gasteiger partial charge in [-0.15, -0.1) is 0 Å². The van der Waals surface area contributed by atoms with Gasteiger partial charge in [0.25, 0.3) is 0 Å². The van der Waals surface area contributed by atoms with Crippen LogP contribution in [0, 0.1) is 0 Å². The Hall–Kier alpha value is -7.95. The molecule has 0 bridgehead atoms. The first-order valence-electron chi connectivity index (χ1n) is 19.9. The summed E-state index contributed by atoms with van der Waals surface area (Å²) in [4.78, 5) is 15.1. The summed E-state index contributed by atoms with van der Waals surface area (Å²) in [5, 5.41) is 4.78. The number of hydrogen-bond acceptors (Lipinski definition) is 3. The molecule has 11 rings (SSSR count). The van der Waals surface area contributed by atoms with Gasteiger partial charge in [-0.1, -0.05) is 182 Å². The molecule has 0 fully saturated rings. The second kappa shape index (κ2) is 14.5. The monoisotopic (exact) mass is 752 g/mol. The maximum Gasteiger partial charge on any atom is 0.164 e. The maximum absolute atomic E-state index is 5.08. The van der Waals surface area contributed by atoms with Gasteiger partial charge in [-0.2, -0.15) is 0 Å². The van der Waals surface area contributed by atoms with Gasteiger partial charge in [0.15, 0.2) is 17.5 Å². The van der Waals surface area contributed by atoms with E-state index in [9.17, 15) is 0 Å². The normalized spacial score (nSPS) is 11.4. The lowest BCUT2D eigenvalue weighted by Crippen LogP contribution is -2.00. The molecule has 0 spiro atoms. The van der Waals surface area contributed by atoms with Crippen molar-refractivity contribution < 1.29 is 0 Å². The lowest BCUT2D eigenvalue weighted by atomic mass is 10.00. The SMILES string of the molecule is c1ccc(-c2ccc3cc(-c4nc(-c5ccccc5)nc(-c5ccc(-c6cccc(-n7c8ccccc8c8ccc(-c9ccccc9)cc87)c6)cc5)n4)ccc3c2)cc1. The second-order valence-electron chi connectivity index (χ2n) is 14.9. The molecule has 0 amide bonds. The molecule has 2 heterocycles. The summed E-state index contributed by atoms with van der Waals surface area (Å²) in [7, 11) is 0. The molecule has 2 aromatic heterocycles. The van der Waals surface area contributed by atoms with E-state index < -0.39 is 0 Å². The van der Waals surface area contributed by atoms with Crippen molar-refractivity contribution in [2.45, 2.75) is 0 Å². The van der Waals surface area contributed by atoms with Crippen molar-refractivity contribution in [1.29, 1.82) is 0 Å². The van der Waals surface area contributed by atoms with Crippen molar-refractivity contribution in [3.63, 3.8) is 0 Å². The van der Waals surface area contributed by atoms with Crippen molar-refractivity contribution in [2.75, 3.05) is 0 Å². The number of nitrogens with zero attached hydrogens (tertiary/aromatic N) is 4. The molecule has 0 aliphatic carbocycles. The number of fused-ring (bicyclic) bond motifs is 4. The summed E-state index contributed by atoms with van der Waals surface area (Å²) in [6.07, 6.45) is 0. The summed E-state index contributed by atoms with van der Waals surface area (Å²) in [5.74, 6) is 1.91. The van der Waals surface area contributed by atoms with E-state index >= 15 is 0 Å². The van der Waals surface area contributed by atoms with Crippen LogP contribution in [0.15, 0.2) is 218 Å². The highest BCUT2D eigenvalue weighted by Crippen LogP contribution is 2.36. The Kier molecular flexibility index (Phi) is 8.45. The summed E-state index contributed by atoms with van der Waals surface area (Å²) >= 11 is 0. The Morgan fingerprint density at radius 1 is 0.254 bits per heavy atom. The van der Waals surface area contributed by atoms with Gasteiger partial charge in [0, 0.05) is 33.2 Å². The van der Waals surface area contributed by atoms with Crippen LogP contribution in [0.3, 0.4) is 0 Å². The fourth-order valence-corrected chi connectivity index (χ4v) is 8.24. The van der Waals surface area contributed by atoms with E-state index in [1.807, 2.05) is 36.4 Å². The van der Waals surface area contributed by atoms with Crippen LogP contribution in [-0.2, 0) is 0 Å². The van der Waals surface area contributed by atoms with Crippen molar-refractivity contribution in [3.8, 4) is 73.2 Å². The average Bonchev–Trinajstić information content (AvgIpc) is 3.66. The van der Waals surface area contributed by atoms with Crippen LogP contribution in [0.4, 0.5) is 0 Å². The highest BCUT2D eigenvalue weighted by molar-refractivity contribution is 6.10. The molecule has 276 valence electrons. The van der Waals surface area contributed by atoms with E-state index in [1.54, 1.807) is 0 Å². The topological polar surface area (TPSA) is 43.6 Å². The van der Waals surface area contributed by atoms with Gasteiger partial charge < -0.3 is 4.57 Å². The average molecular weight is 753 g/mol. The molecule has 11 aromatic rings. The molecule has 0 N–H and O–H groups in total. The van der Waals surface area contributed by atoms with Crippen LogP contribution >= 0.6 is 0 Å². The third-order valence-corrected chi connectivity index (χ3v) is 11.2. The third kappa shape index (κ3) is 6.43. The van der Waals surface area contributed by atoms with E-state index in [4.69, 9.17) is 15.0 Å². The molecule has 0 atom stereocenters. The van der Waals surface area contributed by atoms with Gasteiger partial charge in [0.1, 0.15) is 0 Å². The predicted octanol–water partition coefficient (Wildman–Crippen LogP) is 14.1. The molecule has 0 saturated carbocycles. The van der Waals surface area contributed by atoms with Gasteiger partial charge in [-0.3, -0.25) is 0 Å². The van der Waals surface area contributed by atoms with Gasteiger partial charge >= 0.3 is 0 Å². The minimum Gasteiger partial charge on any atom is -0.309 e. The Morgan fingerprint density at radius 2 is 0.678 bits per heavy atom. The molecular weight excluding hydrogens is 717 g/mol. The molecule has 0 aliphatic rings. The molecular formula is C55H36N4. The van der Waals surface area contributed by atoms with E-state index in [-0.39, 0.29) is 0 Å². The van der Waals surface area contributed by atoms with Crippen LogP contribution in [0.2, 0.25) is 0 Å². The summed E-state index contributed by atoms with van der Waals surface area (Å²) in [5.41, 5.74) is 13.3. The summed E-state index contributed by atoms with van der Waals surface area (Å²) in [6.45, 7) is 0. The molecule has 4 heteroatoms. The Bertz CT molecular complexity index is 3300. The molecule has 0 saturated heterocycles. The number of benzene rings is 9. The van der Waals surface area contributed by atoms with E-state index in [0.29, 0.717) is 17.5 Å². The minimum atomic E-state index is 0.633. The zero-order valence-corrected chi connectivity index (χ0v) is 32.1. The largest absolute Gasteiger partial charge is 0.309 e. The van der Waals surface area contributed by atoms with Gasteiger partial charge in [-0.25, -0.2) is 15.0 Å². The Labute approximate surface area is 342 Å². The first-order chi connectivity index (χ1) is 29.2. The molecule has 9 aromatic carbocycles. The first kappa shape index (κ1) is 34.3. The van der Waals surface area contributed by atoms with Crippen LogP contribution in [-0.4, -0.2) is 19.5 Å². The first-order valence-corrected chi connectivity index (χ1v) is 19.9. The number of rotatable bonds is 7. The fraction of sp³-hybridized carbons (Fsp3) is 0. The molecule has 0 radical (unpaired) electrons.